The minimum Gasteiger partial charge on any atom is -0.381 e. The lowest BCUT2D eigenvalue weighted by molar-refractivity contribution is -0.118. The molecule has 6 nitrogen and oxygen atoms in total. The molecule has 1 unspecified atom stereocenters. The van der Waals surface area contributed by atoms with Gasteiger partial charge in [0, 0.05) is 19.4 Å². The lowest BCUT2D eigenvalue weighted by Crippen LogP contribution is -2.26. The van der Waals surface area contributed by atoms with E-state index in [2.05, 4.69) is 10.3 Å². The number of hydrogen-bond donors (Lipinski definition) is 1. The average Bonchev–Trinajstić information content (AvgIpc) is 3.61. The minimum absolute atomic E-state index is 0.158. The van der Waals surface area contributed by atoms with Crippen molar-refractivity contribution in [3.63, 3.8) is 0 Å². The summed E-state index contributed by atoms with van der Waals surface area (Å²) in [5.74, 6) is 0.259. The SMILES string of the molecule is O=C(Nc1ccc(Cl)cn1)C(CC1CCOCC1)c1ccc(S(=O)(=O)C2CC2)cc1. The number of hydrogen-bond acceptors (Lipinski definition) is 5. The summed E-state index contributed by atoms with van der Waals surface area (Å²) in [5.41, 5.74) is 0.808. The maximum atomic E-state index is 13.1. The Balaban J connectivity index is 1.55. The van der Waals surface area contributed by atoms with E-state index < -0.39 is 15.8 Å². The predicted molar refractivity (Wildman–Crippen MR) is 115 cm³/mol. The molecule has 160 valence electrons. The number of carbonyl (C=O) groups excluding carboxylic acids is 1. The third kappa shape index (κ3) is 5.02. The highest BCUT2D eigenvalue weighted by atomic mass is 35.5. The van der Waals surface area contributed by atoms with Crippen molar-refractivity contribution in [3.8, 4) is 0 Å². The molecule has 1 N–H and O–H groups in total. The quantitative estimate of drug-likeness (QED) is 0.685. The number of nitrogens with zero attached hydrogens (tertiary/aromatic N) is 1. The summed E-state index contributed by atoms with van der Waals surface area (Å²) in [6.45, 7) is 1.41. The molecule has 1 saturated heterocycles. The van der Waals surface area contributed by atoms with E-state index in [0.29, 0.717) is 41.3 Å². The van der Waals surface area contributed by atoms with Crippen molar-refractivity contribution in [3.05, 3.63) is 53.2 Å². The number of rotatable bonds is 7. The molecular formula is C22H25ClN2O4S. The van der Waals surface area contributed by atoms with Crippen molar-refractivity contribution < 1.29 is 17.9 Å². The summed E-state index contributed by atoms with van der Waals surface area (Å²) in [4.78, 5) is 17.6. The Morgan fingerprint density at radius 3 is 2.40 bits per heavy atom. The van der Waals surface area contributed by atoms with Crippen LogP contribution in [0.15, 0.2) is 47.5 Å². The second-order valence-electron chi connectivity index (χ2n) is 8.01. The minimum atomic E-state index is -3.25. The maximum absolute atomic E-state index is 13.1. The first-order valence-corrected chi connectivity index (χ1v) is 12.2. The van der Waals surface area contributed by atoms with Gasteiger partial charge in [-0.05, 0) is 67.9 Å². The van der Waals surface area contributed by atoms with Gasteiger partial charge in [0.2, 0.25) is 5.91 Å². The van der Waals surface area contributed by atoms with Crippen molar-refractivity contribution in [1.29, 1.82) is 0 Å². The molecule has 0 radical (unpaired) electrons. The molecule has 4 rings (SSSR count). The Bertz CT molecular complexity index is 983. The fourth-order valence-electron chi connectivity index (χ4n) is 3.83. The number of amides is 1. The molecule has 1 saturated carbocycles. The molecule has 2 heterocycles. The van der Waals surface area contributed by atoms with Gasteiger partial charge in [-0.25, -0.2) is 13.4 Å². The summed E-state index contributed by atoms with van der Waals surface area (Å²) < 4.78 is 30.4. The summed E-state index contributed by atoms with van der Waals surface area (Å²) >= 11 is 5.88. The van der Waals surface area contributed by atoms with Crippen molar-refractivity contribution in [2.24, 2.45) is 5.92 Å². The lowest BCUT2D eigenvalue weighted by atomic mass is 9.84. The molecule has 1 aliphatic carbocycles. The molecule has 0 spiro atoms. The van der Waals surface area contributed by atoms with Gasteiger partial charge in [0.1, 0.15) is 5.82 Å². The molecule has 8 heteroatoms. The third-order valence-corrected chi connectivity index (χ3v) is 8.28. The van der Waals surface area contributed by atoms with Crippen LogP contribution in [0.5, 0.6) is 0 Å². The summed E-state index contributed by atoms with van der Waals surface area (Å²) in [6, 6.07) is 10.1. The zero-order valence-corrected chi connectivity index (χ0v) is 18.2. The van der Waals surface area contributed by atoms with Crippen LogP contribution >= 0.6 is 11.6 Å². The van der Waals surface area contributed by atoms with Crippen LogP contribution < -0.4 is 5.32 Å². The molecule has 1 aromatic heterocycles. The predicted octanol–water partition coefficient (Wildman–Crippen LogP) is 4.21. The van der Waals surface area contributed by atoms with Crippen LogP contribution in [0.25, 0.3) is 0 Å². The van der Waals surface area contributed by atoms with Crippen LogP contribution in [0.3, 0.4) is 0 Å². The number of nitrogens with one attached hydrogen (secondary N) is 1. The van der Waals surface area contributed by atoms with E-state index in [9.17, 15) is 13.2 Å². The first kappa shape index (κ1) is 21.3. The van der Waals surface area contributed by atoms with E-state index in [0.717, 1.165) is 31.2 Å². The molecule has 1 aromatic carbocycles. The van der Waals surface area contributed by atoms with Crippen molar-refractivity contribution in [2.75, 3.05) is 18.5 Å². The van der Waals surface area contributed by atoms with E-state index >= 15 is 0 Å². The summed E-state index contributed by atoms with van der Waals surface area (Å²) in [6.07, 6.45) is 5.45. The molecule has 1 atom stereocenters. The summed E-state index contributed by atoms with van der Waals surface area (Å²) in [5, 5.41) is 3.12. The molecule has 2 aromatic rings. The standard InChI is InChI=1S/C22H25ClN2O4S/c23-17-3-8-21(24-14-17)25-22(26)20(13-15-9-11-29-12-10-15)16-1-4-18(5-2-16)30(27,28)19-6-7-19/h1-5,8,14-15,19-20H,6-7,9-13H2,(H,24,25,26). The molecule has 2 aliphatic rings. The molecule has 1 amide bonds. The number of anilines is 1. The van der Waals surface area contributed by atoms with Crippen LogP contribution in [-0.2, 0) is 19.4 Å². The number of carbonyl (C=O) groups is 1. The largest absolute Gasteiger partial charge is 0.381 e. The highest BCUT2D eigenvalue weighted by molar-refractivity contribution is 7.92. The Labute approximate surface area is 181 Å². The van der Waals surface area contributed by atoms with Gasteiger partial charge in [0.25, 0.3) is 0 Å². The van der Waals surface area contributed by atoms with Crippen molar-refractivity contribution in [2.45, 2.75) is 48.2 Å². The van der Waals surface area contributed by atoms with E-state index in [-0.39, 0.29) is 11.2 Å². The molecule has 1 aliphatic heterocycles. The van der Waals surface area contributed by atoms with Crippen LogP contribution in [0, 0.1) is 5.92 Å². The molecule has 0 bridgehead atoms. The number of sulfone groups is 1. The van der Waals surface area contributed by atoms with E-state index in [1.54, 1.807) is 36.4 Å². The number of ether oxygens (including phenoxy) is 1. The smallest absolute Gasteiger partial charge is 0.233 e. The second kappa shape index (κ2) is 9.04. The van der Waals surface area contributed by atoms with Crippen LogP contribution in [0.1, 0.15) is 43.6 Å². The van der Waals surface area contributed by atoms with Crippen molar-refractivity contribution in [1.82, 2.24) is 4.98 Å². The van der Waals surface area contributed by atoms with Gasteiger partial charge >= 0.3 is 0 Å². The number of benzene rings is 1. The van der Waals surface area contributed by atoms with E-state index in [1.807, 2.05) is 0 Å². The Kier molecular flexibility index (Phi) is 6.41. The highest BCUT2D eigenvalue weighted by Crippen LogP contribution is 2.35. The van der Waals surface area contributed by atoms with Crippen LogP contribution in [0.4, 0.5) is 5.82 Å². The topological polar surface area (TPSA) is 85.4 Å². The fraction of sp³-hybridized carbons (Fsp3) is 0.455. The number of aromatic nitrogens is 1. The second-order valence-corrected chi connectivity index (χ2v) is 10.7. The van der Waals surface area contributed by atoms with Gasteiger partial charge in [0.15, 0.2) is 9.84 Å². The fourth-order valence-corrected chi connectivity index (χ4v) is 5.60. The van der Waals surface area contributed by atoms with E-state index in [1.165, 1.54) is 6.20 Å². The van der Waals surface area contributed by atoms with Gasteiger partial charge in [-0.1, -0.05) is 23.7 Å². The van der Waals surface area contributed by atoms with Crippen LogP contribution in [0.2, 0.25) is 5.02 Å². The van der Waals surface area contributed by atoms with Crippen molar-refractivity contribution >= 4 is 33.2 Å². The molecule has 30 heavy (non-hydrogen) atoms. The first-order chi connectivity index (χ1) is 14.4. The third-order valence-electron chi connectivity index (χ3n) is 5.78. The zero-order chi connectivity index (χ0) is 21.1. The van der Waals surface area contributed by atoms with Gasteiger partial charge in [-0.3, -0.25) is 4.79 Å². The maximum Gasteiger partial charge on any atom is 0.233 e. The van der Waals surface area contributed by atoms with Gasteiger partial charge in [-0.2, -0.15) is 0 Å². The lowest BCUT2D eigenvalue weighted by Gasteiger charge is -2.26. The monoisotopic (exact) mass is 448 g/mol. The summed E-state index contributed by atoms with van der Waals surface area (Å²) in [7, 11) is -3.25. The average molecular weight is 449 g/mol. The number of halogens is 1. The van der Waals surface area contributed by atoms with Gasteiger partial charge in [-0.15, -0.1) is 0 Å². The Morgan fingerprint density at radius 1 is 1.10 bits per heavy atom. The number of pyridine rings is 1. The Morgan fingerprint density at radius 2 is 1.80 bits per heavy atom. The zero-order valence-electron chi connectivity index (χ0n) is 16.6. The van der Waals surface area contributed by atoms with Gasteiger partial charge < -0.3 is 10.1 Å². The van der Waals surface area contributed by atoms with Crippen LogP contribution in [-0.4, -0.2) is 37.8 Å². The van der Waals surface area contributed by atoms with E-state index in [4.69, 9.17) is 16.3 Å². The molecular weight excluding hydrogens is 424 g/mol. The normalized spacial score (nSPS) is 18.7. The Hall–Kier alpha value is -1.96. The first-order valence-electron chi connectivity index (χ1n) is 10.3. The highest BCUT2D eigenvalue weighted by Gasteiger charge is 2.37. The van der Waals surface area contributed by atoms with Gasteiger partial charge in [0.05, 0.1) is 21.1 Å². The molecule has 2 fully saturated rings.